The predicted molar refractivity (Wildman–Crippen MR) is 143 cm³/mol. The number of hydrogen-bond acceptors (Lipinski definition) is 8. The molecule has 0 aliphatic carbocycles. The second-order valence-electron chi connectivity index (χ2n) is 8.82. The summed E-state index contributed by atoms with van der Waals surface area (Å²) >= 11 is 6.63. The smallest absolute Gasteiger partial charge is 0.143 e. The summed E-state index contributed by atoms with van der Waals surface area (Å²) < 4.78 is 37.1. The Morgan fingerprint density at radius 1 is 1.08 bits per heavy atom. The zero-order valence-corrected chi connectivity index (χ0v) is 21.1. The third-order valence-corrected chi connectivity index (χ3v) is 6.12. The van der Waals surface area contributed by atoms with Crippen LogP contribution in [0.1, 0.15) is 32.4 Å². The molecule has 192 valence electrons. The van der Waals surface area contributed by atoms with Crippen LogP contribution in [0.4, 0.5) is 25.8 Å². The maximum absolute atomic E-state index is 13.8. The number of nitriles is 1. The van der Waals surface area contributed by atoms with Gasteiger partial charge in [-0.2, -0.15) is 5.26 Å². The third-order valence-electron chi connectivity index (χ3n) is 5.84. The Morgan fingerprint density at radius 3 is 2.55 bits per heavy atom. The Balaban J connectivity index is 1.64. The van der Waals surface area contributed by atoms with Crippen LogP contribution in [0, 0.1) is 23.0 Å². The number of nitrogens with one attached hydrogen (secondary N) is 4. The van der Waals surface area contributed by atoms with Gasteiger partial charge >= 0.3 is 0 Å². The van der Waals surface area contributed by atoms with Crippen molar-refractivity contribution in [3.05, 3.63) is 101 Å². The molecule has 8 nitrogen and oxygen atoms in total. The van der Waals surface area contributed by atoms with E-state index in [1.807, 2.05) is 13.8 Å². The number of anilines is 3. The first-order valence-electron chi connectivity index (χ1n) is 12.1. The Hall–Kier alpha value is -4.46. The largest absolute Gasteiger partial charge is 0.373 e. The Labute approximate surface area is 224 Å². The van der Waals surface area contributed by atoms with E-state index < -0.39 is 17.7 Å². The molecule has 3 heterocycles. The summed E-state index contributed by atoms with van der Waals surface area (Å²) in [4.78, 5) is 8.20. The van der Waals surface area contributed by atoms with Crippen molar-refractivity contribution in [1.82, 2.24) is 25.9 Å². The molecule has 0 saturated carbocycles. The van der Waals surface area contributed by atoms with Gasteiger partial charge in [-0.05, 0) is 43.7 Å². The van der Waals surface area contributed by atoms with Crippen molar-refractivity contribution in [1.29, 1.82) is 5.26 Å². The van der Waals surface area contributed by atoms with Crippen LogP contribution in [-0.2, 0) is 0 Å². The van der Waals surface area contributed by atoms with Crippen molar-refractivity contribution in [3.8, 4) is 6.07 Å². The van der Waals surface area contributed by atoms with Crippen LogP contribution < -0.4 is 21.6 Å². The molecule has 38 heavy (non-hydrogen) atoms. The number of benzene rings is 2. The molecule has 0 amide bonds. The van der Waals surface area contributed by atoms with Gasteiger partial charge in [0.2, 0.25) is 0 Å². The number of aromatic nitrogens is 2. The zero-order valence-electron chi connectivity index (χ0n) is 21.4. The minimum atomic E-state index is -1.61. The van der Waals surface area contributed by atoms with Crippen molar-refractivity contribution in [2.24, 2.45) is 0 Å². The number of fused-ring (bicyclic) bond motifs is 1. The minimum Gasteiger partial charge on any atom is -0.373 e. The van der Waals surface area contributed by atoms with Crippen LogP contribution in [-0.4, -0.2) is 21.0 Å². The van der Waals surface area contributed by atoms with Gasteiger partial charge in [-0.25, -0.2) is 8.78 Å². The van der Waals surface area contributed by atoms with Crippen LogP contribution >= 0.6 is 11.6 Å². The molecule has 4 aromatic rings. The van der Waals surface area contributed by atoms with Crippen LogP contribution in [0.2, 0.25) is 5.02 Å². The highest BCUT2D eigenvalue weighted by Gasteiger charge is 2.24. The standard InChI is InChI=1S/C27H23ClF2N8/c1-15(2)38-14-24(36-37-38)26(16-3-5-18(29)6-4-16)34-20-8-22-25(35-21-7-19(30)12-32-13-21)17(10-31)11-33-27(22)23(28)9-20/h3-9,11-15,26,34,36-37H,1-2H3,(H,33,35)/i26D. The maximum Gasteiger partial charge on any atom is 0.143 e. The highest BCUT2D eigenvalue weighted by atomic mass is 35.5. The molecule has 0 bridgehead atoms. The van der Waals surface area contributed by atoms with E-state index in [9.17, 15) is 15.4 Å². The Morgan fingerprint density at radius 2 is 1.87 bits per heavy atom. The number of hydrogen-bond donors (Lipinski definition) is 4. The number of hydrazine groups is 2. The molecular weight excluding hydrogens is 510 g/mol. The molecule has 11 heteroatoms. The molecule has 0 fully saturated rings. The molecule has 2 aromatic carbocycles. The van der Waals surface area contributed by atoms with E-state index in [1.54, 1.807) is 23.3 Å². The van der Waals surface area contributed by atoms with Gasteiger partial charge in [-0.1, -0.05) is 23.7 Å². The lowest BCUT2D eigenvalue weighted by molar-refractivity contribution is 0.221. The molecule has 0 radical (unpaired) electrons. The summed E-state index contributed by atoms with van der Waals surface area (Å²) in [5.74, 6) is -0.972. The van der Waals surface area contributed by atoms with Gasteiger partial charge < -0.3 is 16.1 Å². The van der Waals surface area contributed by atoms with E-state index in [0.717, 1.165) is 6.20 Å². The quantitative estimate of drug-likeness (QED) is 0.233. The number of nitrogens with zero attached hydrogens (tertiary/aromatic N) is 4. The van der Waals surface area contributed by atoms with Crippen LogP contribution in [0.15, 0.2) is 73.0 Å². The first-order valence-corrected chi connectivity index (χ1v) is 12.0. The van der Waals surface area contributed by atoms with Gasteiger partial charge in [0.15, 0.2) is 0 Å². The monoisotopic (exact) mass is 533 g/mol. The molecule has 0 saturated heterocycles. The molecule has 5 rings (SSSR count). The fourth-order valence-corrected chi connectivity index (χ4v) is 4.23. The third kappa shape index (κ3) is 5.16. The first-order chi connectivity index (χ1) is 18.7. The number of halogens is 3. The minimum absolute atomic E-state index is 0.0870. The van der Waals surface area contributed by atoms with E-state index in [2.05, 4.69) is 37.6 Å². The lowest BCUT2D eigenvalue weighted by Gasteiger charge is -2.22. The van der Waals surface area contributed by atoms with Gasteiger partial charge in [0.25, 0.3) is 0 Å². The molecule has 1 aliphatic rings. The van der Waals surface area contributed by atoms with Crippen molar-refractivity contribution in [2.75, 3.05) is 10.6 Å². The van der Waals surface area contributed by atoms with E-state index in [0.29, 0.717) is 39.2 Å². The second-order valence-corrected chi connectivity index (χ2v) is 9.22. The fraction of sp³-hybridized carbons (Fsp3) is 0.148. The van der Waals surface area contributed by atoms with Crippen molar-refractivity contribution < 1.29 is 10.2 Å². The van der Waals surface area contributed by atoms with Crippen LogP contribution in [0.3, 0.4) is 0 Å². The predicted octanol–water partition coefficient (Wildman–Crippen LogP) is 5.90. The van der Waals surface area contributed by atoms with E-state index in [4.69, 9.17) is 11.6 Å². The SMILES string of the molecule is [2H]C(Nc1cc(Cl)c2ncc(C#N)c(Nc3cncc(F)c3)c2c1)(C1=CN(C(C)C)NN1)c1ccc(F)cc1. The molecular formula is C27H23ClF2N8. The van der Waals surface area contributed by atoms with Crippen LogP contribution in [0.25, 0.3) is 10.9 Å². The van der Waals surface area contributed by atoms with Crippen LogP contribution in [0.5, 0.6) is 0 Å². The van der Waals surface area contributed by atoms with E-state index in [1.165, 1.54) is 42.7 Å². The second kappa shape index (κ2) is 10.5. The summed E-state index contributed by atoms with van der Waals surface area (Å²) in [6, 6.07) is 10.8. The molecule has 1 aliphatic heterocycles. The molecule has 1 unspecified atom stereocenters. The summed E-state index contributed by atoms with van der Waals surface area (Å²) in [7, 11) is 0. The average Bonchev–Trinajstić information content (AvgIpc) is 3.41. The van der Waals surface area contributed by atoms with Gasteiger partial charge in [0, 0.05) is 35.6 Å². The molecule has 2 aromatic heterocycles. The number of pyridine rings is 2. The summed E-state index contributed by atoms with van der Waals surface area (Å²) in [6.07, 6.45) is 5.64. The van der Waals surface area contributed by atoms with Crippen molar-refractivity contribution >= 4 is 39.6 Å². The molecule has 0 spiro atoms. The van der Waals surface area contributed by atoms with Gasteiger partial charge in [0.1, 0.15) is 17.7 Å². The lowest BCUT2D eigenvalue weighted by atomic mass is 10.0. The topological polar surface area (TPSA) is 101 Å². The normalized spacial score (nSPS) is 14.9. The zero-order chi connectivity index (χ0) is 27.7. The van der Waals surface area contributed by atoms with Gasteiger partial charge in [0.05, 0.1) is 53.0 Å². The maximum atomic E-state index is 13.8. The Kier molecular flexibility index (Phi) is 6.60. The molecule has 4 N–H and O–H groups in total. The van der Waals surface area contributed by atoms with E-state index >= 15 is 0 Å². The summed E-state index contributed by atoms with van der Waals surface area (Å²) in [5, 5.41) is 18.6. The van der Waals surface area contributed by atoms with Gasteiger partial charge in [-0.15, -0.1) is 5.53 Å². The van der Waals surface area contributed by atoms with E-state index in [-0.39, 0.29) is 16.6 Å². The summed E-state index contributed by atoms with van der Waals surface area (Å²) in [6.45, 7) is 3.97. The molecule has 1 atom stereocenters. The summed E-state index contributed by atoms with van der Waals surface area (Å²) in [5.41, 5.74) is 8.66. The van der Waals surface area contributed by atoms with Gasteiger partial charge in [-0.3, -0.25) is 15.0 Å². The highest BCUT2D eigenvalue weighted by molar-refractivity contribution is 6.36. The van der Waals surface area contributed by atoms with Crippen molar-refractivity contribution in [3.63, 3.8) is 0 Å². The highest BCUT2D eigenvalue weighted by Crippen LogP contribution is 2.37. The first kappa shape index (κ1) is 23.9. The number of rotatable bonds is 7. The fourth-order valence-electron chi connectivity index (χ4n) is 3.97. The average molecular weight is 534 g/mol. The lowest BCUT2D eigenvalue weighted by Crippen LogP contribution is -2.41. The Bertz CT molecular complexity index is 1620. The van der Waals surface area contributed by atoms with Crippen molar-refractivity contribution in [2.45, 2.75) is 25.9 Å².